The number of oxime groups is 1. The minimum atomic E-state index is -4.03. The first-order valence-electron chi connectivity index (χ1n) is 13.6. The maximum atomic E-state index is 12.7. The van der Waals surface area contributed by atoms with Gasteiger partial charge in [0, 0.05) is 4.91 Å². The molecule has 0 unspecified atom stereocenters. The Labute approximate surface area is 232 Å². The van der Waals surface area contributed by atoms with Gasteiger partial charge in [-0.05, 0) is 60.7 Å². The van der Waals surface area contributed by atoms with E-state index in [0.29, 0.717) is 15.5 Å². The molecule has 2 aromatic rings. The molecular formula is C31H38N2O3S2. The summed E-state index contributed by atoms with van der Waals surface area (Å²) >= 11 is 1.21. The van der Waals surface area contributed by atoms with Gasteiger partial charge in [0.25, 0.3) is 0 Å². The highest BCUT2D eigenvalue weighted by Gasteiger charge is 2.20. The molecule has 1 heterocycles. The summed E-state index contributed by atoms with van der Waals surface area (Å²) in [5, 5.41) is 13.9. The van der Waals surface area contributed by atoms with Gasteiger partial charge in [0.2, 0.25) is 0 Å². The molecule has 0 bridgehead atoms. The number of rotatable bonds is 15. The maximum absolute atomic E-state index is 12.7. The van der Waals surface area contributed by atoms with Crippen LogP contribution in [0.1, 0.15) is 87.8 Å². The summed E-state index contributed by atoms with van der Waals surface area (Å²) in [5.74, 6) is 0. The first-order chi connectivity index (χ1) is 18.4. The summed E-state index contributed by atoms with van der Waals surface area (Å²) in [4.78, 5) is 0.784. The van der Waals surface area contributed by atoms with Gasteiger partial charge in [-0.15, -0.1) is 0 Å². The number of aryl methyl sites for hydroxylation is 2. The Balaban J connectivity index is 1.46. The van der Waals surface area contributed by atoms with E-state index in [2.05, 4.69) is 18.1 Å². The van der Waals surface area contributed by atoms with Crippen LogP contribution in [0, 0.1) is 18.3 Å². The monoisotopic (exact) mass is 550 g/mol. The van der Waals surface area contributed by atoms with Crippen LogP contribution in [0.15, 0.2) is 75.6 Å². The Morgan fingerprint density at radius 3 is 2.16 bits per heavy atom. The van der Waals surface area contributed by atoms with Gasteiger partial charge in [-0.2, -0.15) is 13.7 Å². The van der Waals surface area contributed by atoms with Crippen LogP contribution in [0.5, 0.6) is 0 Å². The lowest BCUT2D eigenvalue weighted by Crippen LogP contribution is -2.03. The third-order valence-corrected chi connectivity index (χ3v) is 8.72. The highest BCUT2D eigenvalue weighted by atomic mass is 32.2. The predicted octanol–water partition coefficient (Wildman–Crippen LogP) is 8.72. The Kier molecular flexibility index (Phi) is 12.2. The zero-order valence-electron chi connectivity index (χ0n) is 22.5. The molecule has 0 aromatic heterocycles. The Hall–Kier alpha value is -2.82. The first kappa shape index (κ1) is 29.7. The minimum absolute atomic E-state index is 0.0778. The van der Waals surface area contributed by atoms with E-state index in [1.807, 2.05) is 43.3 Å². The zero-order chi connectivity index (χ0) is 27.2. The van der Waals surface area contributed by atoms with Crippen molar-refractivity contribution in [1.82, 2.24) is 0 Å². The number of nitriles is 1. The number of benzene rings is 2. The van der Waals surface area contributed by atoms with Crippen molar-refractivity contribution in [2.45, 2.75) is 89.4 Å². The minimum Gasteiger partial charge on any atom is -0.264 e. The number of hydrogen-bond acceptors (Lipinski definition) is 6. The molecule has 0 radical (unpaired) electrons. The average Bonchev–Trinajstić information content (AvgIpc) is 3.39. The van der Waals surface area contributed by atoms with E-state index >= 15 is 0 Å². The molecule has 38 heavy (non-hydrogen) atoms. The Morgan fingerprint density at radius 1 is 0.895 bits per heavy atom. The molecule has 0 spiro atoms. The molecule has 1 aliphatic heterocycles. The SMILES string of the molecule is CCCCCCCCCCCCc1ccc(S(=O)(=O)ON=C2C=CC(=C(C#N)c3ccccc3C)S2)cc1. The highest BCUT2D eigenvalue weighted by molar-refractivity contribution is 8.18. The van der Waals surface area contributed by atoms with Gasteiger partial charge in [-0.25, -0.2) is 0 Å². The van der Waals surface area contributed by atoms with Crippen LogP contribution in [-0.2, 0) is 20.8 Å². The van der Waals surface area contributed by atoms with Gasteiger partial charge in [0.15, 0.2) is 0 Å². The van der Waals surface area contributed by atoms with Crippen LogP contribution in [-0.4, -0.2) is 13.5 Å². The topological polar surface area (TPSA) is 79.5 Å². The van der Waals surface area contributed by atoms with Crippen molar-refractivity contribution >= 4 is 32.5 Å². The lowest BCUT2D eigenvalue weighted by Gasteiger charge is -2.06. The molecular weight excluding hydrogens is 512 g/mol. The van der Waals surface area contributed by atoms with Crippen molar-refractivity contribution in [3.63, 3.8) is 0 Å². The van der Waals surface area contributed by atoms with Gasteiger partial charge >= 0.3 is 10.1 Å². The van der Waals surface area contributed by atoms with Crippen LogP contribution >= 0.6 is 11.8 Å². The van der Waals surface area contributed by atoms with Crippen molar-refractivity contribution in [3.05, 3.63) is 82.3 Å². The van der Waals surface area contributed by atoms with Gasteiger partial charge < -0.3 is 0 Å². The number of nitrogens with zero attached hydrogens (tertiary/aromatic N) is 2. The second-order valence-corrected chi connectivity index (χ2v) is 12.2. The standard InChI is InChI=1S/C31H38N2O3S2/c1-3-4-5-6-7-8-9-10-11-12-16-26-18-20-27(21-19-26)38(34,35)36-33-31-23-22-30(37-31)29(24-32)28-17-14-13-15-25(28)2/h13-15,17-23H,3-12,16H2,1-2H3. The van der Waals surface area contributed by atoms with E-state index in [1.165, 1.54) is 69.5 Å². The van der Waals surface area contributed by atoms with E-state index < -0.39 is 10.1 Å². The molecule has 0 N–H and O–H groups in total. The van der Waals surface area contributed by atoms with E-state index in [0.717, 1.165) is 29.5 Å². The zero-order valence-corrected chi connectivity index (χ0v) is 24.1. The smallest absolute Gasteiger partial charge is 0.264 e. The summed E-state index contributed by atoms with van der Waals surface area (Å²) in [6.07, 6.45) is 17.3. The van der Waals surface area contributed by atoms with Gasteiger partial charge in [0.05, 0.1) is 5.57 Å². The molecule has 1 aliphatic rings. The molecule has 3 rings (SSSR count). The number of thioether (sulfide) groups is 1. The number of hydrogen-bond donors (Lipinski definition) is 0. The van der Waals surface area contributed by atoms with Gasteiger partial charge in [-0.1, -0.05) is 118 Å². The largest absolute Gasteiger partial charge is 0.358 e. The van der Waals surface area contributed by atoms with Crippen LogP contribution in [0.3, 0.4) is 0 Å². The Bertz CT molecular complexity index is 1290. The van der Waals surface area contributed by atoms with E-state index in [-0.39, 0.29) is 4.90 Å². The van der Waals surface area contributed by atoms with E-state index in [1.54, 1.807) is 24.3 Å². The van der Waals surface area contributed by atoms with Crippen LogP contribution in [0.25, 0.3) is 5.57 Å². The summed E-state index contributed by atoms with van der Waals surface area (Å²) in [6, 6.07) is 16.8. The summed E-state index contributed by atoms with van der Waals surface area (Å²) in [5.41, 5.74) is 3.48. The lowest BCUT2D eigenvalue weighted by molar-refractivity contribution is 0.340. The average molecular weight is 551 g/mol. The third-order valence-electron chi connectivity index (χ3n) is 6.62. The van der Waals surface area contributed by atoms with Crippen molar-refractivity contribution in [2.75, 3.05) is 0 Å². The van der Waals surface area contributed by atoms with Crippen molar-refractivity contribution in [3.8, 4) is 6.07 Å². The molecule has 0 amide bonds. The van der Waals surface area contributed by atoms with Gasteiger partial charge in [0.1, 0.15) is 16.0 Å². The molecule has 2 aromatic carbocycles. The van der Waals surface area contributed by atoms with Crippen LogP contribution in [0.4, 0.5) is 0 Å². The molecule has 0 fully saturated rings. The third kappa shape index (κ3) is 9.18. The summed E-state index contributed by atoms with van der Waals surface area (Å²) < 4.78 is 30.3. The van der Waals surface area contributed by atoms with Crippen molar-refractivity contribution in [1.29, 1.82) is 5.26 Å². The van der Waals surface area contributed by atoms with Gasteiger partial charge in [-0.3, -0.25) is 4.28 Å². The maximum Gasteiger partial charge on any atom is 0.358 e. The van der Waals surface area contributed by atoms with Crippen molar-refractivity contribution < 1.29 is 12.7 Å². The quantitative estimate of drug-likeness (QED) is 0.126. The highest BCUT2D eigenvalue weighted by Crippen LogP contribution is 2.35. The van der Waals surface area contributed by atoms with E-state index in [4.69, 9.17) is 4.28 Å². The van der Waals surface area contributed by atoms with E-state index in [9.17, 15) is 13.7 Å². The summed E-state index contributed by atoms with van der Waals surface area (Å²) in [7, 11) is -4.03. The molecule has 5 nitrogen and oxygen atoms in total. The molecule has 202 valence electrons. The lowest BCUT2D eigenvalue weighted by atomic mass is 10.0. The summed E-state index contributed by atoms with van der Waals surface area (Å²) in [6.45, 7) is 4.20. The molecule has 0 saturated carbocycles. The normalized spacial score (nSPS) is 15.6. The second kappa shape index (κ2) is 15.6. The number of allylic oxidation sites excluding steroid dienone is 2. The fourth-order valence-electron chi connectivity index (χ4n) is 4.38. The fourth-order valence-corrected chi connectivity index (χ4v) is 5.99. The Morgan fingerprint density at radius 2 is 1.53 bits per heavy atom. The predicted molar refractivity (Wildman–Crippen MR) is 158 cm³/mol. The van der Waals surface area contributed by atoms with Crippen LogP contribution < -0.4 is 0 Å². The molecule has 0 saturated heterocycles. The van der Waals surface area contributed by atoms with Crippen LogP contribution in [0.2, 0.25) is 0 Å². The van der Waals surface area contributed by atoms with Crippen molar-refractivity contribution in [2.24, 2.45) is 5.16 Å². The second-order valence-electron chi connectivity index (χ2n) is 9.64. The molecule has 0 aliphatic carbocycles. The molecule has 7 heteroatoms. The molecule has 0 atom stereocenters. The number of unbranched alkanes of at least 4 members (excludes halogenated alkanes) is 9. The first-order valence-corrected chi connectivity index (χ1v) is 15.8. The fraction of sp³-hybridized carbons (Fsp3) is 0.419.